The Labute approximate surface area is 246 Å². The summed E-state index contributed by atoms with van der Waals surface area (Å²) < 4.78 is 43.9. The predicted octanol–water partition coefficient (Wildman–Crippen LogP) is 3.35. The van der Waals surface area contributed by atoms with Gasteiger partial charge in [0, 0.05) is 18.5 Å². The van der Waals surface area contributed by atoms with Gasteiger partial charge in [0.2, 0.25) is 5.91 Å². The molecule has 2 aromatic heterocycles. The van der Waals surface area contributed by atoms with Crippen molar-refractivity contribution in [2.75, 3.05) is 44.3 Å². The van der Waals surface area contributed by atoms with Crippen LogP contribution in [0.25, 0.3) is 10.2 Å². The van der Waals surface area contributed by atoms with E-state index in [9.17, 15) is 22.8 Å². The van der Waals surface area contributed by atoms with Crippen LogP contribution in [0.3, 0.4) is 0 Å². The average Bonchev–Trinajstić information content (AvgIpc) is 3.32. The molecule has 0 bridgehead atoms. The molecule has 4 rings (SSSR count). The van der Waals surface area contributed by atoms with Crippen LogP contribution in [-0.4, -0.2) is 69.7 Å². The van der Waals surface area contributed by atoms with Crippen molar-refractivity contribution in [1.82, 2.24) is 4.57 Å². The number of fused-ring (bicyclic) bond motifs is 2. The number of nitrogens with one attached hydrogen (secondary N) is 1. The Hall–Kier alpha value is -3.07. The first-order chi connectivity index (χ1) is 19.7. The number of aryl methyl sites for hydroxylation is 1. The number of esters is 1. The minimum Gasteiger partial charge on any atom is -0.497 e. The molecule has 11 nitrogen and oxygen atoms in total. The summed E-state index contributed by atoms with van der Waals surface area (Å²) in [7, 11) is -1.05. The van der Waals surface area contributed by atoms with E-state index in [4.69, 9.17) is 14.2 Å². The van der Waals surface area contributed by atoms with Gasteiger partial charge in [0.1, 0.15) is 22.3 Å². The molecule has 0 saturated heterocycles. The number of carbonyl (C=O) groups is 3. The summed E-state index contributed by atoms with van der Waals surface area (Å²) in [5, 5.41) is 2.88. The molecule has 0 fully saturated rings. The number of anilines is 1. The number of methoxy groups -OCH3 is 2. The minimum atomic E-state index is -4.16. The number of hydrogen-bond acceptors (Lipinski definition) is 10. The standard InChI is InChI=1S/C27H33N3O8S3/c1-4-38-26(33)24-18-8-6-5-7-9-20(18)39-25(24)28-22(31)15-41(34,35)16-23(32)29-27-30(12-13-36-2)19-11-10-17(37-3)14-21(19)40-27/h10-11,14H,4-9,12-13,15-16H2,1-3H3,(H,28,31). The number of sulfone groups is 1. The highest BCUT2D eigenvalue weighted by molar-refractivity contribution is 7.92. The molecule has 1 aliphatic rings. The molecule has 1 aromatic carbocycles. The first-order valence-corrected chi connectivity index (χ1v) is 16.7. The molecule has 2 heterocycles. The maximum absolute atomic E-state index is 12.8. The highest BCUT2D eigenvalue weighted by atomic mass is 32.2. The Bertz CT molecular complexity index is 1620. The van der Waals surface area contributed by atoms with Crippen molar-refractivity contribution in [1.29, 1.82) is 0 Å². The number of thiazole rings is 1. The molecule has 41 heavy (non-hydrogen) atoms. The fraction of sp³-hybridized carbons (Fsp3) is 0.481. The summed E-state index contributed by atoms with van der Waals surface area (Å²) in [5.74, 6) is -3.49. The molecular formula is C27H33N3O8S3. The lowest BCUT2D eigenvalue weighted by Crippen LogP contribution is -2.28. The van der Waals surface area contributed by atoms with Gasteiger partial charge in [0.15, 0.2) is 14.6 Å². The molecule has 0 saturated carbocycles. The van der Waals surface area contributed by atoms with Gasteiger partial charge in [-0.15, -0.1) is 11.3 Å². The van der Waals surface area contributed by atoms with E-state index < -0.39 is 39.1 Å². The van der Waals surface area contributed by atoms with Crippen LogP contribution in [-0.2, 0) is 48.3 Å². The first-order valence-electron chi connectivity index (χ1n) is 13.2. The lowest BCUT2D eigenvalue weighted by Gasteiger charge is -2.08. The second-order valence-electron chi connectivity index (χ2n) is 9.44. The van der Waals surface area contributed by atoms with Gasteiger partial charge >= 0.3 is 5.97 Å². The Morgan fingerprint density at radius 2 is 1.85 bits per heavy atom. The molecule has 14 heteroatoms. The number of benzene rings is 1. The van der Waals surface area contributed by atoms with Gasteiger partial charge in [-0.05, 0) is 56.4 Å². The summed E-state index contributed by atoms with van der Waals surface area (Å²) in [6.07, 6.45) is 4.42. The molecular weight excluding hydrogens is 591 g/mol. The second-order valence-corrected chi connectivity index (χ2v) is 13.6. The van der Waals surface area contributed by atoms with Gasteiger partial charge in [0.05, 0.1) is 36.1 Å². The summed E-state index contributed by atoms with van der Waals surface area (Å²) in [6, 6.07) is 5.42. The normalized spacial score (nSPS) is 14.0. The third kappa shape index (κ3) is 7.61. The lowest BCUT2D eigenvalue weighted by atomic mass is 10.1. The molecule has 222 valence electrons. The maximum atomic E-state index is 12.8. The highest BCUT2D eigenvalue weighted by Crippen LogP contribution is 2.38. The van der Waals surface area contributed by atoms with Gasteiger partial charge in [-0.3, -0.25) is 9.59 Å². The summed E-state index contributed by atoms with van der Waals surface area (Å²) >= 11 is 2.50. The van der Waals surface area contributed by atoms with E-state index >= 15 is 0 Å². The van der Waals surface area contributed by atoms with E-state index in [0.717, 1.165) is 46.3 Å². The number of ether oxygens (including phenoxy) is 3. The van der Waals surface area contributed by atoms with Gasteiger partial charge in [-0.1, -0.05) is 17.8 Å². The van der Waals surface area contributed by atoms with Gasteiger partial charge in [-0.25, -0.2) is 13.2 Å². The largest absolute Gasteiger partial charge is 0.497 e. The average molecular weight is 624 g/mol. The Morgan fingerprint density at radius 3 is 2.59 bits per heavy atom. The van der Waals surface area contributed by atoms with Crippen LogP contribution in [0.15, 0.2) is 23.2 Å². The van der Waals surface area contributed by atoms with Gasteiger partial charge in [-0.2, -0.15) is 4.99 Å². The number of thiophene rings is 1. The maximum Gasteiger partial charge on any atom is 0.341 e. The Morgan fingerprint density at radius 1 is 1.07 bits per heavy atom. The quantitative estimate of drug-likeness (QED) is 0.253. The number of aromatic nitrogens is 1. The van der Waals surface area contributed by atoms with E-state index in [0.29, 0.717) is 35.7 Å². The van der Waals surface area contributed by atoms with Crippen molar-refractivity contribution in [3.8, 4) is 5.75 Å². The zero-order valence-corrected chi connectivity index (χ0v) is 25.6. The second kappa shape index (κ2) is 13.7. The van der Waals surface area contributed by atoms with Crippen LogP contribution in [0.2, 0.25) is 0 Å². The minimum absolute atomic E-state index is 0.176. The fourth-order valence-electron chi connectivity index (χ4n) is 4.65. The fourth-order valence-corrected chi connectivity index (χ4v) is 8.06. The molecule has 0 aliphatic heterocycles. The van der Waals surface area contributed by atoms with Crippen LogP contribution in [0.1, 0.15) is 47.0 Å². The molecule has 0 spiro atoms. The van der Waals surface area contributed by atoms with E-state index in [2.05, 4.69) is 10.3 Å². The first kappa shape index (κ1) is 30.9. The lowest BCUT2D eigenvalue weighted by molar-refractivity contribution is -0.115. The molecule has 1 N–H and O–H groups in total. The third-order valence-electron chi connectivity index (χ3n) is 6.48. The van der Waals surface area contributed by atoms with E-state index in [1.807, 2.05) is 12.1 Å². The topological polar surface area (TPSA) is 142 Å². The monoisotopic (exact) mass is 623 g/mol. The number of amides is 2. The SMILES string of the molecule is CCOC(=O)c1c(NC(=O)CS(=O)(=O)CC(=O)N=c2sc3cc(OC)ccc3n2CCOC)sc2c1CCCCC2. The van der Waals surface area contributed by atoms with Crippen molar-refractivity contribution in [3.05, 3.63) is 39.0 Å². The summed E-state index contributed by atoms with van der Waals surface area (Å²) in [6.45, 7) is 2.63. The smallest absolute Gasteiger partial charge is 0.341 e. The molecule has 0 radical (unpaired) electrons. The Balaban J connectivity index is 1.52. The van der Waals surface area contributed by atoms with Crippen LogP contribution >= 0.6 is 22.7 Å². The van der Waals surface area contributed by atoms with Gasteiger partial charge in [0.25, 0.3) is 5.91 Å². The van der Waals surface area contributed by atoms with E-state index in [1.165, 1.54) is 22.7 Å². The zero-order valence-electron chi connectivity index (χ0n) is 23.2. The predicted molar refractivity (Wildman–Crippen MR) is 158 cm³/mol. The highest BCUT2D eigenvalue weighted by Gasteiger charge is 2.28. The summed E-state index contributed by atoms with van der Waals surface area (Å²) in [4.78, 5) is 43.7. The van der Waals surface area contributed by atoms with Crippen molar-refractivity contribution in [3.63, 3.8) is 0 Å². The van der Waals surface area contributed by atoms with Crippen molar-refractivity contribution in [2.24, 2.45) is 4.99 Å². The zero-order chi connectivity index (χ0) is 29.6. The van der Waals surface area contributed by atoms with Crippen LogP contribution in [0.5, 0.6) is 5.75 Å². The van der Waals surface area contributed by atoms with Crippen molar-refractivity contribution < 1.29 is 37.0 Å². The number of rotatable bonds is 11. The van der Waals surface area contributed by atoms with Crippen LogP contribution in [0.4, 0.5) is 5.00 Å². The van der Waals surface area contributed by atoms with Gasteiger partial charge < -0.3 is 24.1 Å². The molecule has 0 unspecified atom stereocenters. The van der Waals surface area contributed by atoms with Crippen LogP contribution in [0, 0.1) is 0 Å². The number of nitrogens with zero attached hydrogens (tertiary/aromatic N) is 2. The van der Waals surface area contributed by atoms with E-state index in [-0.39, 0.29) is 11.6 Å². The van der Waals surface area contributed by atoms with E-state index in [1.54, 1.807) is 31.8 Å². The van der Waals surface area contributed by atoms with Crippen LogP contribution < -0.4 is 14.9 Å². The Kier molecular flexibility index (Phi) is 10.3. The molecule has 2 amide bonds. The van der Waals surface area contributed by atoms with Crippen molar-refractivity contribution in [2.45, 2.75) is 45.6 Å². The molecule has 1 aliphatic carbocycles. The number of carbonyl (C=O) groups excluding carboxylic acids is 3. The molecule has 3 aromatic rings. The third-order valence-corrected chi connectivity index (χ3v) is 10.1. The number of hydrogen-bond donors (Lipinski definition) is 1. The van der Waals surface area contributed by atoms with Crippen molar-refractivity contribution >= 4 is 65.5 Å². The summed E-state index contributed by atoms with van der Waals surface area (Å²) in [5.41, 5.74) is 1.96. The molecule has 0 atom stereocenters.